The second-order valence-electron chi connectivity index (χ2n) is 17.6. The van der Waals surface area contributed by atoms with Gasteiger partial charge in [-0.15, -0.1) is 0 Å². The van der Waals surface area contributed by atoms with Gasteiger partial charge in [0.1, 0.15) is 37.0 Å². The molecule has 8 N–H and O–H groups in total. The van der Waals surface area contributed by atoms with Crippen LogP contribution in [0.1, 0.15) is 18.9 Å². The van der Waals surface area contributed by atoms with Gasteiger partial charge < -0.3 is 45.7 Å². The molecule has 2 aromatic heterocycles. The number of benzene rings is 6. The van der Waals surface area contributed by atoms with Gasteiger partial charge in [0.2, 0.25) is 35.7 Å². The minimum Gasteiger partial charge on any atom is -0.450 e. The highest BCUT2D eigenvalue weighted by Crippen LogP contribution is 2.49. The van der Waals surface area contributed by atoms with Crippen molar-refractivity contribution < 1.29 is 53.1 Å². The number of halogens is 2. The van der Waals surface area contributed by atoms with E-state index in [2.05, 4.69) is 66.5 Å². The fourth-order valence-electron chi connectivity index (χ4n) is 8.57. The fraction of sp³-hybridized carbons (Fsp3) is 0.167. The van der Waals surface area contributed by atoms with E-state index in [1.165, 1.54) is 36.4 Å². The summed E-state index contributed by atoms with van der Waals surface area (Å²) in [6.07, 6.45) is 0.620. The number of aromatic nitrogens is 6. The summed E-state index contributed by atoms with van der Waals surface area (Å²) < 4.78 is 129. The van der Waals surface area contributed by atoms with Crippen LogP contribution in [0, 0.1) is 6.92 Å². The SMILES string of the molecule is CCCNc1nc(Nc2ccc3c(c2S(=O)(=O)O)Oc2c(Cl)c4c(c(Cl)c2=N3)Oc2c(ccc(Nc3nc(Nc5ccc(C)cc5)nc(N5CCOCC5)n3)c2S(=O)(=O)O)N=4)nc(Nc2ccc3ccccc3c2S(=O)(=O)O)n1. The summed E-state index contributed by atoms with van der Waals surface area (Å²) in [4.78, 5) is 35.5. The zero-order valence-corrected chi connectivity index (χ0v) is 44.8. The molecule has 8 aromatic rings. The van der Waals surface area contributed by atoms with E-state index in [4.69, 9.17) is 37.4 Å². The van der Waals surface area contributed by atoms with Crippen molar-refractivity contribution in [2.45, 2.75) is 35.0 Å². The third-order valence-corrected chi connectivity index (χ3v) is 15.6. The standard InChI is InChI=1S/C48H40Cl2N14O12S3/c1-3-18-51-43-58-45(55-29-13-10-24-6-4-5-7-26(24)40(29)77(65,66)67)61-46(59-43)56-30-16-14-27-36(41(30)78(68,69)70)75-38-32(49)35-39(33(50)34(38)53-27)76-37-28(54-35)15-17-31(42(37)79(71,72)73)57-47-60-44(52-25-11-8-23(2)9-12-25)62-48(63-47)64-19-21-74-22-20-64/h4-17H,3,18-22H2,1-2H3,(H,65,66,67)(H,68,69,70)(H,71,72,73)(H2,52,57,60,62,63)(H3,51,55,56,58,59,61). The number of hydrogen-bond donors (Lipinski definition) is 8. The summed E-state index contributed by atoms with van der Waals surface area (Å²) in [5.74, 6) is -2.08. The molecule has 31 heteroatoms. The number of ether oxygens (including phenoxy) is 3. The molecule has 0 aliphatic carbocycles. The summed E-state index contributed by atoms with van der Waals surface area (Å²) in [7, 11) is -15.3. The maximum Gasteiger partial charge on any atom is 0.300 e. The van der Waals surface area contributed by atoms with Crippen molar-refractivity contribution in [3.63, 3.8) is 0 Å². The Hall–Kier alpha value is -8.13. The third kappa shape index (κ3) is 10.6. The van der Waals surface area contributed by atoms with E-state index in [0.29, 0.717) is 50.3 Å². The van der Waals surface area contributed by atoms with Crippen LogP contribution in [0.5, 0.6) is 23.0 Å². The average Bonchev–Trinajstić information content (AvgIpc) is 3.61. The van der Waals surface area contributed by atoms with Crippen molar-refractivity contribution in [2.24, 2.45) is 9.98 Å². The number of hydrogen-bond acceptors (Lipinski definition) is 23. The van der Waals surface area contributed by atoms with E-state index in [-0.39, 0.29) is 102 Å². The first-order valence-electron chi connectivity index (χ1n) is 23.6. The van der Waals surface area contributed by atoms with Crippen molar-refractivity contribution in [3.8, 4) is 23.0 Å². The normalized spacial score (nSPS) is 13.8. The van der Waals surface area contributed by atoms with Gasteiger partial charge >= 0.3 is 0 Å². The van der Waals surface area contributed by atoms with Crippen LogP contribution >= 0.6 is 23.2 Å². The van der Waals surface area contributed by atoms with Crippen LogP contribution in [-0.4, -0.2) is 102 Å². The largest absolute Gasteiger partial charge is 0.450 e. The Morgan fingerprint density at radius 1 is 0.557 bits per heavy atom. The molecule has 3 aliphatic heterocycles. The molecular formula is C48H40Cl2N14O12S3. The Balaban J connectivity index is 0.951. The molecule has 0 saturated carbocycles. The minimum absolute atomic E-state index is 0.0425. The number of anilines is 10. The Bertz CT molecular complexity index is 4340. The maximum absolute atomic E-state index is 13.4. The predicted octanol–water partition coefficient (Wildman–Crippen LogP) is 8.31. The van der Waals surface area contributed by atoms with E-state index in [1.54, 1.807) is 24.3 Å². The van der Waals surface area contributed by atoms with Crippen molar-refractivity contribution in [1.82, 2.24) is 29.9 Å². The van der Waals surface area contributed by atoms with E-state index >= 15 is 0 Å². The molecule has 26 nitrogen and oxygen atoms in total. The zero-order chi connectivity index (χ0) is 55.5. The smallest absolute Gasteiger partial charge is 0.300 e. The molecule has 0 unspecified atom stereocenters. The quantitative estimate of drug-likeness (QED) is 0.0447. The summed E-state index contributed by atoms with van der Waals surface area (Å²) in [5.41, 5.74) is 0.627. The highest BCUT2D eigenvalue weighted by molar-refractivity contribution is 7.86. The van der Waals surface area contributed by atoms with Crippen LogP contribution in [0.15, 0.2) is 110 Å². The number of aryl methyl sites for hydroxylation is 1. The monoisotopic (exact) mass is 1170 g/mol. The highest BCUT2D eigenvalue weighted by atomic mass is 35.5. The van der Waals surface area contributed by atoms with Crippen LogP contribution < -0.4 is 51.7 Å². The van der Waals surface area contributed by atoms with Crippen LogP contribution in [0.3, 0.4) is 0 Å². The summed E-state index contributed by atoms with van der Waals surface area (Å²) in [5, 5.41) is 14.2. The Morgan fingerprint density at radius 2 is 1.03 bits per heavy atom. The predicted molar refractivity (Wildman–Crippen MR) is 290 cm³/mol. The molecule has 0 bridgehead atoms. The number of nitrogens with zero attached hydrogens (tertiary/aromatic N) is 9. The average molecular weight is 1170 g/mol. The van der Waals surface area contributed by atoms with Gasteiger partial charge in [-0.25, -0.2) is 9.98 Å². The summed E-state index contributed by atoms with van der Waals surface area (Å²) in [6, 6.07) is 22.1. The second-order valence-corrected chi connectivity index (χ2v) is 22.4. The van der Waals surface area contributed by atoms with Gasteiger partial charge in [-0.1, -0.05) is 78.2 Å². The van der Waals surface area contributed by atoms with Crippen molar-refractivity contribution in [3.05, 3.63) is 111 Å². The summed E-state index contributed by atoms with van der Waals surface area (Å²) >= 11 is 13.9. The van der Waals surface area contributed by atoms with Crippen LogP contribution in [-0.2, 0) is 35.1 Å². The number of morpholine rings is 1. The third-order valence-electron chi connectivity index (χ3n) is 12.1. The zero-order valence-electron chi connectivity index (χ0n) is 40.8. The lowest BCUT2D eigenvalue weighted by Gasteiger charge is -2.27. The molecule has 0 amide bonds. The second kappa shape index (κ2) is 20.6. The lowest BCUT2D eigenvalue weighted by molar-refractivity contribution is 0.122. The van der Waals surface area contributed by atoms with E-state index in [0.717, 1.165) is 5.56 Å². The molecule has 5 heterocycles. The molecule has 11 rings (SSSR count). The molecule has 1 saturated heterocycles. The van der Waals surface area contributed by atoms with E-state index in [1.807, 2.05) is 43.0 Å². The van der Waals surface area contributed by atoms with Gasteiger partial charge in [0.05, 0.1) is 30.3 Å². The first kappa shape index (κ1) is 52.9. The lowest BCUT2D eigenvalue weighted by Crippen LogP contribution is -2.37. The molecule has 406 valence electrons. The first-order chi connectivity index (χ1) is 37.7. The fourth-order valence-corrected chi connectivity index (χ4v) is 11.5. The van der Waals surface area contributed by atoms with Gasteiger partial charge in [0, 0.05) is 30.7 Å². The lowest BCUT2D eigenvalue weighted by atomic mass is 10.1. The van der Waals surface area contributed by atoms with Gasteiger partial charge in [-0.2, -0.15) is 55.2 Å². The van der Waals surface area contributed by atoms with E-state index in [9.17, 15) is 38.9 Å². The van der Waals surface area contributed by atoms with Gasteiger partial charge in [-0.05, 0) is 61.2 Å². The molecule has 6 aromatic carbocycles. The maximum atomic E-state index is 13.4. The topological polar surface area (TPSA) is 356 Å². The Labute approximate surface area is 458 Å². The minimum atomic E-state index is -5.25. The molecule has 0 radical (unpaired) electrons. The Kier molecular flexibility index (Phi) is 13.8. The molecular weight excluding hydrogens is 1130 g/mol. The molecule has 0 spiro atoms. The van der Waals surface area contributed by atoms with E-state index < -0.39 is 56.5 Å². The molecule has 3 aliphatic rings. The first-order valence-corrected chi connectivity index (χ1v) is 28.6. The van der Waals surface area contributed by atoms with Crippen molar-refractivity contribution >= 4 is 134 Å². The number of nitrogens with one attached hydrogen (secondary N) is 5. The van der Waals surface area contributed by atoms with Crippen molar-refractivity contribution in [2.75, 3.05) is 64.3 Å². The van der Waals surface area contributed by atoms with Gasteiger partial charge in [0.25, 0.3) is 30.4 Å². The summed E-state index contributed by atoms with van der Waals surface area (Å²) in [6.45, 7) is 5.90. The number of rotatable bonds is 15. The Morgan fingerprint density at radius 3 is 1.54 bits per heavy atom. The molecule has 0 atom stereocenters. The van der Waals surface area contributed by atoms with Gasteiger partial charge in [-0.3, -0.25) is 13.7 Å². The van der Waals surface area contributed by atoms with Crippen LogP contribution in [0.2, 0.25) is 10.0 Å². The van der Waals surface area contributed by atoms with Crippen molar-refractivity contribution in [1.29, 1.82) is 0 Å². The number of fused-ring (bicyclic) bond motifs is 5. The highest BCUT2D eigenvalue weighted by Gasteiger charge is 2.35. The van der Waals surface area contributed by atoms with Crippen LogP contribution in [0.25, 0.3) is 10.8 Å². The van der Waals surface area contributed by atoms with Crippen LogP contribution in [0.4, 0.5) is 69.8 Å². The molecule has 79 heavy (non-hydrogen) atoms. The molecule has 1 fully saturated rings. The van der Waals surface area contributed by atoms with Gasteiger partial charge in [0.15, 0.2) is 32.8 Å².